The lowest BCUT2D eigenvalue weighted by atomic mass is 9.62. The summed E-state index contributed by atoms with van der Waals surface area (Å²) in [4.78, 5) is 12.1. The van der Waals surface area contributed by atoms with Crippen LogP contribution in [0, 0.1) is 17.3 Å². The van der Waals surface area contributed by atoms with Gasteiger partial charge in [-0.2, -0.15) is 0 Å². The number of allylic oxidation sites excluding steroid dienone is 3. The monoisotopic (exact) mass is 220 g/mol. The largest absolute Gasteiger partial charge is 0.294 e. The summed E-state index contributed by atoms with van der Waals surface area (Å²) in [5, 5.41) is 0. The van der Waals surface area contributed by atoms with Crippen molar-refractivity contribution in [2.24, 2.45) is 17.3 Å². The van der Waals surface area contributed by atoms with Crippen molar-refractivity contribution in [3.05, 3.63) is 24.3 Å². The van der Waals surface area contributed by atoms with Crippen molar-refractivity contribution >= 4 is 5.78 Å². The first kappa shape index (κ1) is 13.2. The molecule has 0 spiro atoms. The van der Waals surface area contributed by atoms with Gasteiger partial charge < -0.3 is 0 Å². The summed E-state index contributed by atoms with van der Waals surface area (Å²) in [5.41, 5.74) is 1.18. The fraction of sp³-hybridized carbons (Fsp3) is 0.667. The summed E-state index contributed by atoms with van der Waals surface area (Å²) in [5.74, 6) is 0.914. The zero-order valence-electron chi connectivity index (χ0n) is 11.0. The van der Waals surface area contributed by atoms with E-state index in [-0.39, 0.29) is 17.1 Å². The normalized spacial score (nSPS) is 29.6. The summed E-state index contributed by atoms with van der Waals surface area (Å²) in [6.07, 6.45) is 6.72. The molecule has 0 radical (unpaired) electrons. The van der Waals surface area contributed by atoms with Gasteiger partial charge in [-0.3, -0.25) is 4.79 Å². The highest BCUT2D eigenvalue weighted by Gasteiger charge is 2.40. The van der Waals surface area contributed by atoms with E-state index in [2.05, 4.69) is 27.4 Å². The Balaban J connectivity index is 2.88. The molecule has 1 nitrogen and oxygen atoms in total. The lowest BCUT2D eigenvalue weighted by Gasteiger charge is -2.41. The molecule has 1 heteroatoms. The first-order valence-corrected chi connectivity index (χ1v) is 6.26. The number of ketones is 1. The van der Waals surface area contributed by atoms with E-state index >= 15 is 0 Å². The van der Waals surface area contributed by atoms with Crippen LogP contribution in [0.15, 0.2) is 24.3 Å². The summed E-state index contributed by atoms with van der Waals surface area (Å²) < 4.78 is 0. The highest BCUT2D eigenvalue weighted by molar-refractivity contribution is 5.94. The first-order valence-electron chi connectivity index (χ1n) is 6.26. The highest BCUT2D eigenvalue weighted by atomic mass is 16.1. The summed E-state index contributed by atoms with van der Waals surface area (Å²) in [6, 6.07) is 0. The van der Waals surface area contributed by atoms with Crippen molar-refractivity contribution in [1.29, 1.82) is 0 Å². The second-order valence-electron chi connectivity index (χ2n) is 5.81. The maximum absolute atomic E-state index is 12.1. The van der Waals surface area contributed by atoms with E-state index < -0.39 is 0 Å². The molecule has 0 heterocycles. The predicted octanol–water partition coefficient (Wildman–Crippen LogP) is 4.15. The molecule has 2 unspecified atom stereocenters. The lowest BCUT2D eigenvalue weighted by molar-refractivity contribution is -0.121. The molecule has 1 aliphatic carbocycles. The van der Waals surface area contributed by atoms with Gasteiger partial charge in [-0.05, 0) is 36.7 Å². The van der Waals surface area contributed by atoms with E-state index in [9.17, 15) is 4.79 Å². The SMILES string of the molecule is C=C1CC(C)CC(C)(C)C1C(=O)/C=C/CC. The Morgan fingerprint density at radius 1 is 1.56 bits per heavy atom. The molecule has 16 heavy (non-hydrogen) atoms. The van der Waals surface area contributed by atoms with Gasteiger partial charge in [-0.1, -0.05) is 45.9 Å². The van der Waals surface area contributed by atoms with Crippen LogP contribution in [0.1, 0.15) is 47.0 Å². The van der Waals surface area contributed by atoms with Gasteiger partial charge in [0.2, 0.25) is 0 Å². The molecule has 2 atom stereocenters. The number of hydrogen-bond donors (Lipinski definition) is 0. The molecule has 0 bridgehead atoms. The van der Waals surface area contributed by atoms with Crippen LogP contribution in [-0.4, -0.2) is 5.78 Å². The van der Waals surface area contributed by atoms with Crippen molar-refractivity contribution in [2.45, 2.75) is 47.0 Å². The molecule has 0 N–H and O–H groups in total. The van der Waals surface area contributed by atoms with Crippen molar-refractivity contribution < 1.29 is 4.79 Å². The van der Waals surface area contributed by atoms with E-state index in [0.29, 0.717) is 5.92 Å². The molecule has 1 aliphatic rings. The number of hydrogen-bond acceptors (Lipinski definition) is 1. The van der Waals surface area contributed by atoms with Gasteiger partial charge in [-0.25, -0.2) is 0 Å². The fourth-order valence-electron chi connectivity index (χ4n) is 3.12. The Labute approximate surface area is 99.6 Å². The average Bonchev–Trinajstić information content (AvgIpc) is 2.11. The Hall–Kier alpha value is -0.850. The van der Waals surface area contributed by atoms with Crippen LogP contribution in [0.3, 0.4) is 0 Å². The molecular weight excluding hydrogens is 196 g/mol. The summed E-state index contributed by atoms with van der Waals surface area (Å²) >= 11 is 0. The van der Waals surface area contributed by atoms with E-state index in [4.69, 9.17) is 0 Å². The average molecular weight is 220 g/mol. The number of carbonyl (C=O) groups excluding carboxylic acids is 1. The molecule has 1 rings (SSSR count). The lowest BCUT2D eigenvalue weighted by Crippen LogP contribution is -2.37. The zero-order valence-corrected chi connectivity index (χ0v) is 11.0. The Morgan fingerprint density at radius 2 is 2.19 bits per heavy atom. The zero-order chi connectivity index (χ0) is 12.3. The van der Waals surface area contributed by atoms with Gasteiger partial charge in [0.05, 0.1) is 0 Å². The fourth-order valence-corrected chi connectivity index (χ4v) is 3.12. The van der Waals surface area contributed by atoms with Gasteiger partial charge in [0.25, 0.3) is 0 Å². The predicted molar refractivity (Wildman–Crippen MR) is 69.2 cm³/mol. The molecule has 90 valence electrons. The van der Waals surface area contributed by atoms with Crippen molar-refractivity contribution in [3.8, 4) is 0 Å². The van der Waals surface area contributed by atoms with Crippen molar-refractivity contribution in [3.63, 3.8) is 0 Å². The van der Waals surface area contributed by atoms with Crippen LogP contribution < -0.4 is 0 Å². The van der Waals surface area contributed by atoms with Crippen LogP contribution in [-0.2, 0) is 4.79 Å². The van der Waals surface area contributed by atoms with E-state index in [0.717, 1.165) is 24.8 Å². The molecular formula is C15H24O. The molecule has 0 aromatic heterocycles. The van der Waals surface area contributed by atoms with Crippen molar-refractivity contribution in [2.75, 3.05) is 0 Å². The van der Waals surface area contributed by atoms with Crippen LogP contribution in [0.5, 0.6) is 0 Å². The van der Waals surface area contributed by atoms with Crippen LogP contribution in [0.4, 0.5) is 0 Å². The maximum Gasteiger partial charge on any atom is 0.162 e. The standard InChI is InChI=1S/C15H24O/c1-6-7-8-13(16)14-12(3)9-11(2)10-15(14,4)5/h7-8,11,14H,3,6,9-10H2,1-2,4-5H3/b8-7+. The Kier molecular flexibility index (Phi) is 4.12. The van der Waals surface area contributed by atoms with E-state index in [1.165, 1.54) is 0 Å². The van der Waals surface area contributed by atoms with Crippen LogP contribution >= 0.6 is 0 Å². The molecule has 0 amide bonds. The smallest absolute Gasteiger partial charge is 0.162 e. The first-order chi connectivity index (χ1) is 7.38. The second kappa shape index (κ2) is 4.99. The second-order valence-corrected chi connectivity index (χ2v) is 5.81. The van der Waals surface area contributed by atoms with Gasteiger partial charge in [-0.15, -0.1) is 0 Å². The van der Waals surface area contributed by atoms with Gasteiger partial charge in [0.15, 0.2) is 5.78 Å². The minimum Gasteiger partial charge on any atom is -0.294 e. The molecule has 0 aromatic carbocycles. The topological polar surface area (TPSA) is 17.1 Å². The third kappa shape index (κ3) is 2.84. The van der Waals surface area contributed by atoms with E-state index in [1.807, 2.05) is 13.0 Å². The van der Waals surface area contributed by atoms with Gasteiger partial charge in [0, 0.05) is 5.92 Å². The maximum atomic E-state index is 12.1. The number of rotatable bonds is 3. The quantitative estimate of drug-likeness (QED) is 0.516. The molecule has 0 aromatic rings. The molecule has 1 fully saturated rings. The Bertz CT molecular complexity index is 309. The van der Waals surface area contributed by atoms with Crippen LogP contribution in [0.2, 0.25) is 0 Å². The van der Waals surface area contributed by atoms with Gasteiger partial charge in [0.1, 0.15) is 0 Å². The molecule has 0 saturated heterocycles. The van der Waals surface area contributed by atoms with E-state index in [1.54, 1.807) is 6.08 Å². The third-order valence-corrected chi connectivity index (χ3v) is 3.48. The third-order valence-electron chi connectivity index (χ3n) is 3.48. The van der Waals surface area contributed by atoms with Gasteiger partial charge >= 0.3 is 0 Å². The minimum atomic E-state index is 0.0199. The summed E-state index contributed by atoms with van der Waals surface area (Å²) in [6.45, 7) is 12.8. The molecule has 1 saturated carbocycles. The molecule has 0 aliphatic heterocycles. The highest BCUT2D eigenvalue weighted by Crippen LogP contribution is 2.46. The summed E-state index contributed by atoms with van der Waals surface area (Å²) in [7, 11) is 0. The van der Waals surface area contributed by atoms with Crippen LogP contribution in [0.25, 0.3) is 0 Å². The van der Waals surface area contributed by atoms with Crippen molar-refractivity contribution in [1.82, 2.24) is 0 Å². The Morgan fingerprint density at radius 3 is 2.69 bits per heavy atom. The minimum absolute atomic E-state index is 0.0199. The number of carbonyl (C=O) groups is 1.